The minimum absolute atomic E-state index is 0.897. The lowest BCUT2D eigenvalue weighted by molar-refractivity contribution is 0.123. The second-order valence-corrected chi connectivity index (χ2v) is 8.50. The van der Waals surface area contributed by atoms with Crippen LogP contribution in [0.3, 0.4) is 0 Å². The highest BCUT2D eigenvalue weighted by molar-refractivity contribution is 14.1. The van der Waals surface area contributed by atoms with E-state index in [-0.39, 0.29) is 0 Å². The number of alkyl halides is 1. The first-order valence-corrected chi connectivity index (χ1v) is 8.86. The van der Waals surface area contributed by atoms with E-state index in [1.165, 1.54) is 51.5 Å². The Kier molecular flexibility index (Phi) is 4.01. The zero-order valence-corrected chi connectivity index (χ0v) is 13.2. The van der Waals surface area contributed by atoms with Gasteiger partial charge in [-0.25, -0.2) is 0 Å². The second kappa shape index (κ2) is 5.36. The normalized spacial score (nSPS) is 51.2. The van der Waals surface area contributed by atoms with Crippen molar-refractivity contribution in [3.8, 4) is 0 Å². The predicted octanol–water partition coefficient (Wildman–Crippen LogP) is 4.00. The van der Waals surface area contributed by atoms with Crippen LogP contribution in [0.15, 0.2) is 0 Å². The van der Waals surface area contributed by atoms with Gasteiger partial charge in [-0.15, -0.1) is 0 Å². The largest absolute Gasteiger partial charge is 0.311 e. The minimum atomic E-state index is 0.897. The van der Waals surface area contributed by atoms with Gasteiger partial charge in [-0.3, -0.25) is 0 Å². The maximum Gasteiger partial charge on any atom is 0.0224 e. The zero-order chi connectivity index (χ0) is 11.8. The summed E-state index contributed by atoms with van der Waals surface area (Å²) in [5, 5.41) is 3.56. The first-order valence-electron chi connectivity index (χ1n) is 7.61. The van der Waals surface area contributed by atoms with Crippen molar-refractivity contribution in [1.82, 2.24) is 5.32 Å². The van der Waals surface area contributed by atoms with Gasteiger partial charge in [0, 0.05) is 16.5 Å². The summed E-state index contributed by atoms with van der Waals surface area (Å²) in [5.74, 6) is 4.13. The fourth-order valence-corrected chi connectivity index (χ4v) is 5.02. The van der Waals surface area contributed by atoms with Crippen LogP contribution in [-0.2, 0) is 0 Å². The Bertz CT molecular complexity index is 256. The first-order chi connectivity index (χ1) is 8.24. The van der Waals surface area contributed by atoms with Gasteiger partial charge in [0.05, 0.1) is 0 Å². The minimum Gasteiger partial charge on any atom is -0.311 e. The topological polar surface area (TPSA) is 21.9 Å². The van der Waals surface area contributed by atoms with Crippen molar-refractivity contribution in [1.29, 1.82) is 0 Å². The summed E-state index contributed by atoms with van der Waals surface area (Å²) in [6.07, 6.45) is 10.6. The van der Waals surface area contributed by atoms with E-state index in [1.807, 2.05) is 0 Å². The summed E-state index contributed by atoms with van der Waals surface area (Å²) in [6.45, 7) is 3.80. The Hall–Kier alpha value is 0.690. The van der Waals surface area contributed by atoms with E-state index in [0.29, 0.717) is 0 Å². The summed E-state index contributed by atoms with van der Waals surface area (Å²) in [5.41, 5.74) is 0. The molecule has 0 amide bonds. The Morgan fingerprint density at radius 1 is 0.941 bits per heavy atom. The van der Waals surface area contributed by atoms with Crippen molar-refractivity contribution >= 4 is 22.6 Å². The van der Waals surface area contributed by atoms with Gasteiger partial charge < -0.3 is 5.32 Å². The summed E-state index contributed by atoms with van der Waals surface area (Å²) >= 11 is 2.66. The van der Waals surface area contributed by atoms with Gasteiger partial charge in [-0.05, 0) is 62.2 Å². The van der Waals surface area contributed by atoms with Crippen LogP contribution in [0.25, 0.3) is 0 Å². The van der Waals surface area contributed by atoms with Crippen molar-refractivity contribution < 1.29 is 0 Å². The molecule has 1 saturated heterocycles. The van der Waals surface area contributed by atoms with Crippen LogP contribution in [0.5, 0.6) is 0 Å². The third-order valence-electron chi connectivity index (χ3n) is 5.62. The Morgan fingerprint density at radius 2 is 1.59 bits per heavy atom. The number of nitrogens with one attached hydrogen (secondary N) is 1. The van der Waals surface area contributed by atoms with E-state index in [4.69, 9.17) is 0 Å². The molecule has 17 heavy (non-hydrogen) atoms. The summed E-state index contributed by atoms with van der Waals surface area (Å²) in [4.78, 5) is 0. The van der Waals surface area contributed by atoms with Crippen molar-refractivity contribution in [3.63, 3.8) is 0 Å². The molecule has 3 fully saturated rings. The molecule has 3 rings (SSSR count). The summed E-state index contributed by atoms with van der Waals surface area (Å²) < 4.78 is 0.979. The molecule has 0 aromatic carbocycles. The molecule has 1 N–H and O–H groups in total. The van der Waals surface area contributed by atoms with Gasteiger partial charge >= 0.3 is 0 Å². The van der Waals surface area contributed by atoms with Crippen LogP contribution in [0.2, 0.25) is 0 Å². The zero-order valence-electron chi connectivity index (χ0n) is 11.0. The molecule has 4 atom stereocenters. The van der Waals surface area contributed by atoms with Crippen LogP contribution in [0.4, 0.5) is 0 Å². The van der Waals surface area contributed by atoms with E-state index in [0.717, 1.165) is 33.6 Å². The molecule has 0 spiro atoms. The highest BCUT2D eigenvalue weighted by Gasteiger charge is 2.40. The van der Waals surface area contributed by atoms with E-state index in [2.05, 4.69) is 34.8 Å². The predicted molar refractivity (Wildman–Crippen MR) is 81.6 cm³/mol. The molecular formula is C15H26IN. The molecule has 1 heterocycles. The van der Waals surface area contributed by atoms with Crippen molar-refractivity contribution in [2.24, 2.45) is 23.7 Å². The average molecular weight is 347 g/mol. The van der Waals surface area contributed by atoms with E-state index in [1.54, 1.807) is 0 Å². The molecule has 98 valence electrons. The fraction of sp³-hybridized carbons (Fsp3) is 1.00. The lowest BCUT2D eigenvalue weighted by Crippen LogP contribution is -2.33. The smallest absolute Gasteiger partial charge is 0.0224 e. The van der Waals surface area contributed by atoms with Gasteiger partial charge in [0.15, 0.2) is 0 Å². The maximum atomic E-state index is 3.56. The monoisotopic (exact) mass is 347 g/mol. The highest BCUT2D eigenvalue weighted by atomic mass is 127. The molecule has 1 nitrogen and oxygen atoms in total. The van der Waals surface area contributed by atoms with Crippen LogP contribution in [0, 0.1) is 23.7 Å². The molecule has 0 radical (unpaired) electrons. The van der Waals surface area contributed by atoms with Crippen LogP contribution in [-0.4, -0.2) is 16.5 Å². The van der Waals surface area contributed by atoms with Gasteiger partial charge in [-0.1, -0.05) is 35.9 Å². The highest BCUT2D eigenvalue weighted by Crippen LogP contribution is 2.45. The van der Waals surface area contributed by atoms with E-state index in [9.17, 15) is 0 Å². The molecular weight excluding hydrogens is 321 g/mol. The van der Waals surface area contributed by atoms with Crippen molar-refractivity contribution in [2.45, 2.75) is 61.8 Å². The van der Waals surface area contributed by atoms with Gasteiger partial charge in [-0.2, -0.15) is 0 Å². The van der Waals surface area contributed by atoms with E-state index >= 15 is 0 Å². The third kappa shape index (κ3) is 2.99. The molecule has 1 aliphatic heterocycles. The summed E-state index contributed by atoms with van der Waals surface area (Å²) in [6, 6.07) is 0.897. The standard InChI is InChI=1S/C15H26IN/c1-10-2-3-12(8-14(10)15-9-17-15)11-4-6-13(16)7-5-11/h10-15,17H,2-9H2,1H3. The summed E-state index contributed by atoms with van der Waals surface area (Å²) in [7, 11) is 0. The number of hydrogen-bond donors (Lipinski definition) is 1. The van der Waals surface area contributed by atoms with Crippen LogP contribution >= 0.6 is 22.6 Å². The quantitative estimate of drug-likeness (QED) is 0.455. The van der Waals surface area contributed by atoms with Crippen LogP contribution in [0.1, 0.15) is 51.9 Å². The lowest BCUT2D eigenvalue weighted by atomic mass is 9.66. The molecule has 4 unspecified atom stereocenters. The molecule has 2 aliphatic carbocycles. The average Bonchev–Trinajstić information content (AvgIpc) is 3.15. The maximum absolute atomic E-state index is 3.56. The number of halogens is 1. The van der Waals surface area contributed by atoms with E-state index < -0.39 is 0 Å². The van der Waals surface area contributed by atoms with Crippen molar-refractivity contribution in [3.05, 3.63) is 0 Å². The molecule has 2 heteroatoms. The third-order valence-corrected chi connectivity index (χ3v) is 6.87. The molecule has 0 aromatic heterocycles. The molecule has 2 saturated carbocycles. The Morgan fingerprint density at radius 3 is 2.24 bits per heavy atom. The first kappa shape index (κ1) is 12.7. The molecule has 0 bridgehead atoms. The SMILES string of the molecule is CC1CCC(C2CCC(I)CC2)CC1C1CN1. The Labute approximate surface area is 120 Å². The molecule has 0 aromatic rings. The van der Waals surface area contributed by atoms with Crippen molar-refractivity contribution in [2.75, 3.05) is 6.54 Å². The fourth-order valence-electron chi connectivity index (χ4n) is 4.30. The molecule has 3 aliphatic rings. The van der Waals surface area contributed by atoms with Crippen LogP contribution < -0.4 is 5.32 Å². The second-order valence-electron chi connectivity index (χ2n) is 6.74. The van der Waals surface area contributed by atoms with Gasteiger partial charge in [0.1, 0.15) is 0 Å². The lowest BCUT2D eigenvalue weighted by Gasteiger charge is -2.40. The number of hydrogen-bond acceptors (Lipinski definition) is 1. The van der Waals surface area contributed by atoms with Gasteiger partial charge in [0.2, 0.25) is 0 Å². The Balaban J connectivity index is 1.56. The van der Waals surface area contributed by atoms with Gasteiger partial charge in [0.25, 0.3) is 0 Å². The number of rotatable bonds is 2.